The number of hydrogen-bond donors (Lipinski definition) is 2. The van der Waals surface area contributed by atoms with Gasteiger partial charge in [-0.25, -0.2) is 4.79 Å². The number of nitrogens with zero attached hydrogens (tertiary/aromatic N) is 2. The van der Waals surface area contributed by atoms with Crippen molar-refractivity contribution in [1.82, 2.24) is 15.2 Å². The van der Waals surface area contributed by atoms with Gasteiger partial charge < -0.3 is 20.1 Å². The monoisotopic (exact) mass is 480 g/mol. The second-order valence-electron chi connectivity index (χ2n) is 10.3. The highest BCUT2D eigenvalue weighted by Gasteiger charge is 2.56. The molecule has 2 fully saturated rings. The first-order valence-electron chi connectivity index (χ1n) is 11.7. The van der Waals surface area contributed by atoms with Crippen molar-refractivity contribution < 1.29 is 23.9 Å². The van der Waals surface area contributed by atoms with E-state index in [0.29, 0.717) is 42.6 Å². The highest BCUT2D eigenvalue weighted by molar-refractivity contribution is 6.10. The molecule has 35 heavy (non-hydrogen) atoms. The minimum absolute atomic E-state index is 0.0748. The number of imide groups is 1. The Kier molecular flexibility index (Phi) is 6.69. The Bertz CT molecular complexity index is 1120. The fourth-order valence-electron chi connectivity index (χ4n) is 5.50. The molecule has 1 aliphatic heterocycles. The Morgan fingerprint density at radius 3 is 2.60 bits per heavy atom. The molecule has 0 bridgehead atoms. The van der Waals surface area contributed by atoms with Gasteiger partial charge in [-0.3, -0.25) is 19.5 Å². The topological polar surface area (TPSA) is 110 Å². The minimum atomic E-state index is -0.938. The third kappa shape index (κ3) is 5.39. The van der Waals surface area contributed by atoms with Gasteiger partial charge in [0.2, 0.25) is 5.91 Å². The van der Waals surface area contributed by atoms with E-state index < -0.39 is 17.5 Å². The van der Waals surface area contributed by atoms with E-state index in [9.17, 15) is 14.4 Å². The van der Waals surface area contributed by atoms with Crippen molar-refractivity contribution >= 4 is 23.5 Å². The van der Waals surface area contributed by atoms with Crippen LogP contribution in [0.5, 0.6) is 11.5 Å². The number of urea groups is 1. The lowest BCUT2D eigenvalue weighted by atomic mass is 9.64. The number of carbonyl (C=O) groups is 3. The Morgan fingerprint density at radius 2 is 1.91 bits per heavy atom. The number of benzene rings is 1. The largest absolute Gasteiger partial charge is 0.493 e. The summed E-state index contributed by atoms with van der Waals surface area (Å²) in [5, 5.41) is 5.66. The zero-order chi connectivity index (χ0) is 25.2. The summed E-state index contributed by atoms with van der Waals surface area (Å²) in [4.78, 5) is 43.8. The molecule has 2 aliphatic rings. The zero-order valence-corrected chi connectivity index (χ0v) is 20.6. The van der Waals surface area contributed by atoms with Crippen LogP contribution in [0.4, 0.5) is 10.5 Å². The third-order valence-electron chi connectivity index (χ3n) is 6.52. The van der Waals surface area contributed by atoms with Crippen LogP contribution >= 0.6 is 0 Å². The van der Waals surface area contributed by atoms with Gasteiger partial charge in [0, 0.05) is 24.1 Å². The van der Waals surface area contributed by atoms with Crippen molar-refractivity contribution in [3.8, 4) is 11.5 Å². The van der Waals surface area contributed by atoms with Crippen LogP contribution in [0.15, 0.2) is 42.7 Å². The molecule has 1 saturated heterocycles. The summed E-state index contributed by atoms with van der Waals surface area (Å²) >= 11 is 0. The van der Waals surface area contributed by atoms with Gasteiger partial charge in [-0.1, -0.05) is 20.8 Å². The predicted octanol–water partition coefficient (Wildman–Crippen LogP) is 3.74. The standard InChI is InChI=1S/C26H32N4O5/c1-17-12-25(2,3)16-26(13-17)23(32)30(24(33)29-26)14-22(31)28-19-5-6-20(34-4)21(11-19)35-15-18-7-9-27-10-8-18/h5-11,17H,12-16H2,1-4H3,(H,28,31)(H,29,33). The summed E-state index contributed by atoms with van der Waals surface area (Å²) in [6.45, 7) is 6.25. The molecule has 1 saturated carbocycles. The third-order valence-corrected chi connectivity index (χ3v) is 6.52. The molecule has 1 spiro atoms. The fourth-order valence-corrected chi connectivity index (χ4v) is 5.50. The van der Waals surface area contributed by atoms with E-state index in [2.05, 4.69) is 36.4 Å². The van der Waals surface area contributed by atoms with Crippen LogP contribution in [-0.4, -0.2) is 46.9 Å². The summed E-state index contributed by atoms with van der Waals surface area (Å²) in [6, 6.07) is 8.18. The van der Waals surface area contributed by atoms with E-state index in [4.69, 9.17) is 9.47 Å². The Hall–Kier alpha value is -3.62. The zero-order valence-electron chi connectivity index (χ0n) is 20.6. The van der Waals surface area contributed by atoms with Crippen molar-refractivity contribution in [2.24, 2.45) is 11.3 Å². The smallest absolute Gasteiger partial charge is 0.325 e. The summed E-state index contributed by atoms with van der Waals surface area (Å²) in [6.07, 6.45) is 5.49. The molecular formula is C26H32N4O5. The molecule has 2 atom stereocenters. The number of carbonyl (C=O) groups excluding carboxylic acids is 3. The first-order chi connectivity index (χ1) is 16.6. The van der Waals surface area contributed by atoms with Gasteiger partial charge in [0.1, 0.15) is 18.7 Å². The fraction of sp³-hybridized carbons (Fsp3) is 0.462. The average Bonchev–Trinajstić information content (AvgIpc) is 3.00. The lowest BCUT2D eigenvalue weighted by molar-refractivity contribution is -0.136. The molecule has 1 aromatic carbocycles. The van der Waals surface area contributed by atoms with Crippen LogP contribution < -0.4 is 20.1 Å². The van der Waals surface area contributed by atoms with E-state index >= 15 is 0 Å². The highest BCUT2D eigenvalue weighted by Crippen LogP contribution is 2.46. The predicted molar refractivity (Wildman–Crippen MR) is 130 cm³/mol. The Balaban J connectivity index is 1.42. The van der Waals surface area contributed by atoms with Crippen LogP contribution in [0.2, 0.25) is 0 Å². The molecular weight excluding hydrogens is 448 g/mol. The number of rotatable bonds is 7. The molecule has 2 aromatic rings. The summed E-state index contributed by atoms with van der Waals surface area (Å²) < 4.78 is 11.2. The molecule has 4 rings (SSSR count). The second kappa shape index (κ2) is 9.56. The van der Waals surface area contributed by atoms with Crippen molar-refractivity contribution in [3.05, 3.63) is 48.3 Å². The molecule has 9 nitrogen and oxygen atoms in total. The first-order valence-corrected chi connectivity index (χ1v) is 11.7. The molecule has 9 heteroatoms. The maximum atomic E-state index is 13.3. The van der Waals surface area contributed by atoms with Gasteiger partial charge in [0.25, 0.3) is 5.91 Å². The molecule has 1 aromatic heterocycles. The number of nitrogens with one attached hydrogen (secondary N) is 2. The van der Waals surface area contributed by atoms with Gasteiger partial charge in [-0.15, -0.1) is 0 Å². The molecule has 2 heterocycles. The highest BCUT2D eigenvalue weighted by atomic mass is 16.5. The maximum Gasteiger partial charge on any atom is 0.325 e. The van der Waals surface area contributed by atoms with Gasteiger partial charge in [0.05, 0.1) is 7.11 Å². The number of methoxy groups -OCH3 is 1. The molecule has 2 N–H and O–H groups in total. The lowest BCUT2D eigenvalue weighted by Gasteiger charge is -2.43. The maximum absolute atomic E-state index is 13.3. The molecule has 4 amide bonds. The summed E-state index contributed by atoms with van der Waals surface area (Å²) in [5.74, 6) is 0.463. The quantitative estimate of drug-likeness (QED) is 0.584. The van der Waals surface area contributed by atoms with Gasteiger partial charge in [0.15, 0.2) is 11.5 Å². The van der Waals surface area contributed by atoms with Crippen molar-refractivity contribution in [3.63, 3.8) is 0 Å². The van der Waals surface area contributed by atoms with E-state index in [1.54, 1.807) is 30.6 Å². The van der Waals surface area contributed by atoms with E-state index in [1.807, 2.05) is 12.1 Å². The van der Waals surface area contributed by atoms with Gasteiger partial charge in [-0.2, -0.15) is 0 Å². The van der Waals surface area contributed by atoms with Crippen LogP contribution in [-0.2, 0) is 16.2 Å². The second-order valence-corrected chi connectivity index (χ2v) is 10.3. The molecule has 1 aliphatic carbocycles. The first kappa shape index (κ1) is 24.5. The van der Waals surface area contributed by atoms with Crippen molar-refractivity contribution in [2.45, 2.75) is 52.2 Å². The number of ether oxygens (including phenoxy) is 2. The van der Waals surface area contributed by atoms with Crippen molar-refractivity contribution in [1.29, 1.82) is 0 Å². The number of anilines is 1. The number of amides is 4. The number of pyridine rings is 1. The number of aromatic nitrogens is 1. The van der Waals surface area contributed by atoms with Crippen LogP contribution in [0, 0.1) is 11.3 Å². The van der Waals surface area contributed by atoms with Gasteiger partial charge >= 0.3 is 6.03 Å². The average molecular weight is 481 g/mol. The summed E-state index contributed by atoms with van der Waals surface area (Å²) in [7, 11) is 1.54. The molecule has 186 valence electrons. The van der Waals surface area contributed by atoms with E-state index in [1.165, 1.54) is 7.11 Å². The van der Waals surface area contributed by atoms with Crippen molar-refractivity contribution in [2.75, 3.05) is 19.0 Å². The minimum Gasteiger partial charge on any atom is -0.493 e. The SMILES string of the molecule is COc1ccc(NC(=O)CN2C(=O)NC3(CC(C)CC(C)(C)C3)C2=O)cc1OCc1ccncc1. The van der Waals surface area contributed by atoms with E-state index in [0.717, 1.165) is 16.9 Å². The van der Waals surface area contributed by atoms with Crippen LogP contribution in [0.1, 0.15) is 45.6 Å². The summed E-state index contributed by atoms with van der Waals surface area (Å²) in [5.41, 5.74) is 0.389. The van der Waals surface area contributed by atoms with Crippen LogP contribution in [0.3, 0.4) is 0 Å². The Morgan fingerprint density at radius 1 is 1.17 bits per heavy atom. The normalized spacial score (nSPS) is 23.2. The lowest BCUT2D eigenvalue weighted by Crippen LogP contribution is -2.54. The van der Waals surface area contributed by atoms with Crippen LogP contribution in [0.25, 0.3) is 0 Å². The number of hydrogen-bond acceptors (Lipinski definition) is 6. The molecule has 0 radical (unpaired) electrons. The molecule has 2 unspecified atom stereocenters. The van der Waals surface area contributed by atoms with E-state index in [-0.39, 0.29) is 17.9 Å². The Labute approximate surface area is 205 Å². The van der Waals surface area contributed by atoms with Gasteiger partial charge in [-0.05, 0) is 60.4 Å².